The van der Waals surface area contributed by atoms with Crippen molar-refractivity contribution in [2.75, 3.05) is 0 Å². The zero-order valence-electron chi connectivity index (χ0n) is 6.31. The SMILES string of the molecule is CC/C(C#N)=C(\C#N)CC. The van der Waals surface area contributed by atoms with Crippen LogP contribution >= 0.6 is 0 Å². The van der Waals surface area contributed by atoms with Crippen LogP contribution < -0.4 is 0 Å². The fraction of sp³-hybridized carbons (Fsp3) is 0.500. The first-order valence-corrected chi connectivity index (χ1v) is 3.32. The molecule has 0 N–H and O–H groups in total. The Bertz CT molecular complexity index is 188. The highest BCUT2D eigenvalue weighted by Crippen LogP contribution is 2.09. The highest BCUT2D eigenvalue weighted by atomic mass is 14.3. The molecule has 0 saturated heterocycles. The predicted octanol–water partition coefficient (Wildman–Crippen LogP) is 2.15. The molecule has 0 spiro atoms. The number of allylic oxidation sites excluding steroid dienone is 2. The smallest absolute Gasteiger partial charge is 0.0957 e. The average molecular weight is 134 g/mol. The Balaban J connectivity index is 4.62. The molecular weight excluding hydrogens is 124 g/mol. The van der Waals surface area contributed by atoms with Gasteiger partial charge in [0.05, 0.1) is 12.1 Å². The van der Waals surface area contributed by atoms with Crippen LogP contribution in [0.25, 0.3) is 0 Å². The van der Waals surface area contributed by atoms with Gasteiger partial charge in [-0.25, -0.2) is 0 Å². The van der Waals surface area contributed by atoms with Gasteiger partial charge in [-0.2, -0.15) is 10.5 Å². The molecule has 0 radical (unpaired) electrons. The molecule has 0 aliphatic heterocycles. The van der Waals surface area contributed by atoms with Gasteiger partial charge in [0.1, 0.15) is 0 Å². The molecule has 0 fully saturated rings. The molecule has 0 atom stereocenters. The van der Waals surface area contributed by atoms with Crippen LogP contribution in [0.15, 0.2) is 11.1 Å². The minimum absolute atomic E-state index is 0.616. The van der Waals surface area contributed by atoms with Crippen molar-refractivity contribution in [1.82, 2.24) is 0 Å². The Hall–Kier alpha value is -1.28. The van der Waals surface area contributed by atoms with E-state index in [9.17, 15) is 0 Å². The minimum Gasteiger partial charge on any atom is -0.193 e. The molecule has 2 heteroatoms. The third-order valence-corrected chi connectivity index (χ3v) is 1.34. The largest absolute Gasteiger partial charge is 0.193 e. The van der Waals surface area contributed by atoms with E-state index in [4.69, 9.17) is 10.5 Å². The summed E-state index contributed by atoms with van der Waals surface area (Å²) in [6.45, 7) is 3.76. The Morgan fingerprint density at radius 3 is 1.40 bits per heavy atom. The van der Waals surface area contributed by atoms with E-state index in [2.05, 4.69) is 0 Å². The zero-order chi connectivity index (χ0) is 7.98. The quantitative estimate of drug-likeness (QED) is 0.543. The van der Waals surface area contributed by atoms with Crippen molar-refractivity contribution in [3.05, 3.63) is 11.1 Å². The van der Waals surface area contributed by atoms with Crippen LogP contribution in [0.1, 0.15) is 26.7 Å². The third-order valence-electron chi connectivity index (χ3n) is 1.34. The van der Waals surface area contributed by atoms with E-state index in [1.165, 1.54) is 0 Å². The lowest BCUT2D eigenvalue weighted by molar-refractivity contribution is 1.06. The number of hydrogen-bond acceptors (Lipinski definition) is 2. The molecule has 0 aromatic carbocycles. The standard InChI is InChI=1S/C8H10N2/c1-3-7(5-9)8(4-2)6-10/h3-4H2,1-2H3/b8-7+. The van der Waals surface area contributed by atoms with E-state index >= 15 is 0 Å². The molecule has 0 saturated carbocycles. The van der Waals surface area contributed by atoms with Crippen molar-refractivity contribution in [2.24, 2.45) is 0 Å². The van der Waals surface area contributed by atoms with Gasteiger partial charge in [-0.1, -0.05) is 13.8 Å². The zero-order valence-corrected chi connectivity index (χ0v) is 6.31. The number of nitrogens with zero attached hydrogens (tertiary/aromatic N) is 2. The maximum Gasteiger partial charge on any atom is 0.0957 e. The first-order valence-electron chi connectivity index (χ1n) is 3.32. The van der Waals surface area contributed by atoms with Gasteiger partial charge in [0.2, 0.25) is 0 Å². The minimum atomic E-state index is 0.616. The fourth-order valence-corrected chi connectivity index (χ4v) is 0.720. The van der Waals surface area contributed by atoms with Gasteiger partial charge in [-0.3, -0.25) is 0 Å². The van der Waals surface area contributed by atoms with Crippen LogP contribution in [0.5, 0.6) is 0 Å². The molecule has 0 aliphatic carbocycles. The lowest BCUT2D eigenvalue weighted by Gasteiger charge is -1.93. The number of nitriles is 2. The molecular formula is C8H10N2. The second-order valence-electron chi connectivity index (χ2n) is 1.89. The van der Waals surface area contributed by atoms with Gasteiger partial charge in [-0.05, 0) is 12.8 Å². The summed E-state index contributed by atoms with van der Waals surface area (Å²) in [4.78, 5) is 0. The fourth-order valence-electron chi connectivity index (χ4n) is 0.720. The monoisotopic (exact) mass is 134 g/mol. The van der Waals surface area contributed by atoms with Crippen LogP contribution in [-0.2, 0) is 0 Å². The number of rotatable bonds is 2. The molecule has 0 aromatic heterocycles. The summed E-state index contributed by atoms with van der Waals surface area (Å²) in [6.07, 6.45) is 1.32. The lowest BCUT2D eigenvalue weighted by atomic mass is 10.1. The summed E-state index contributed by atoms with van der Waals surface area (Å²) >= 11 is 0. The molecule has 0 bridgehead atoms. The third kappa shape index (κ3) is 1.91. The highest BCUT2D eigenvalue weighted by molar-refractivity contribution is 5.35. The summed E-state index contributed by atoms with van der Waals surface area (Å²) in [5.74, 6) is 0. The lowest BCUT2D eigenvalue weighted by Crippen LogP contribution is -1.83. The Morgan fingerprint density at radius 2 is 1.30 bits per heavy atom. The van der Waals surface area contributed by atoms with Crippen molar-refractivity contribution in [3.8, 4) is 12.1 Å². The normalized spacial score (nSPS) is 11.2. The van der Waals surface area contributed by atoms with E-state index in [0.29, 0.717) is 24.0 Å². The predicted molar refractivity (Wildman–Crippen MR) is 38.8 cm³/mol. The van der Waals surface area contributed by atoms with Gasteiger partial charge in [0.25, 0.3) is 0 Å². The summed E-state index contributed by atoms with van der Waals surface area (Å²) in [5.41, 5.74) is 1.23. The summed E-state index contributed by atoms with van der Waals surface area (Å²) in [5, 5.41) is 17.0. The van der Waals surface area contributed by atoms with Gasteiger partial charge in [-0.15, -0.1) is 0 Å². The van der Waals surface area contributed by atoms with Gasteiger partial charge in [0, 0.05) is 11.1 Å². The average Bonchev–Trinajstić information content (AvgIpc) is 2.00. The van der Waals surface area contributed by atoms with Crippen LogP contribution in [-0.4, -0.2) is 0 Å². The molecule has 0 amide bonds. The van der Waals surface area contributed by atoms with Crippen molar-refractivity contribution in [2.45, 2.75) is 26.7 Å². The molecule has 0 unspecified atom stereocenters. The van der Waals surface area contributed by atoms with Crippen LogP contribution in [0, 0.1) is 22.7 Å². The first kappa shape index (κ1) is 8.72. The summed E-state index contributed by atoms with van der Waals surface area (Å²) < 4.78 is 0. The van der Waals surface area contributed by atoms with E-state index in [1.54, 1.807) is 0 Å². The van der Waals surface area contributed by atoms with E-state index in [-0.39, 0.29) is 0 Å². The summed E-state index contributed by atoms with van der Waals surface area (Å²) in [6, 6.07) is 4.02. The van der Waals surface area contributed by atoms with Crippen LogP contribution in [0.4, 0.5) is 0 Å². The van der Waals surface area contributed by atoms with E-state index in [1.807, 2.05) is 26.0 Å². The van der Waals surface area contributed by atoms with Crippen molar-refractivity contribution >= 4 is 0 Å². The topological polar surface area (TPSA) is 47.6 Å². The molecule has 52 valence electrons. The van der Waals surface area contributed by atoms with Gasteiger partial charge < -0.3 is 0 Å². The van der Waals surface area contributed by atoms with Crippen LogP contribution in [0.2, 0.25) is 0 Å². The van der Waals surface area contributed by atoms with Gasteiger partial charge in [0.15, 0.2) is 0 Å². The molecule has 10 heavy (non-hydrogen) atoms. The summed E-state index contributed by atoms with van der Waals surface area (Å²) in [7, 11) is 0. The second kappa shape index (κ2) is 4.58. The van der Waals surface area contributed by atoms with E-state index in [0.717, 1.165) is 0 Å². The second-order valence-corrected chi connectivity index (χ2v) is 1.89. The van der Waals surface area contributed by atoms with Crippen molar-refractivity contribution < 1.29 is 0 Å². The Kier molecular flexibility index (Phi) is 4.00. The van der Waals surface area contributed by atoms with E-state index < -0.39 is 0 Å². The maximum absolute atomic E-state index is 8.50. The molecule has 0 rings (SSSR count). The number of hydrogen-bond donors (Lipinski definition) is 0. The van der Waals surface area contributed by atoms with Gasteiger partial charge >= 0.3 is 0 Å². The van der Waals surface area contributed by atoms with Crippen molar-refractivity contribution in [3.63, 3.8) is 0 Å². The maximum atomic E-state index is 8.50. The van der Waals surface area contributed by atoms with Crippen LogP contribution in [0.3, 0.4) is 0 Å². The Labute approximate surface area is 61.4 Å². The van der Waals surface area contributed by atoms with Crippen molar-refractivity contribution in [1.29, 1.82) is 10.5 Å². The first-order chi connectivity index (χ1) is 4.79. The molecule has 0 heterocycles. The Morgan fingerprint density at radius 1 is 1.00 bits per heavy atom. The highest BCUT2D eigenvalue weighted by Gasteiger charge is 1.99. The molecule has 0 aliphatic rings. The molecule has 2 nitrogen and oxygen atoms in total. The molecule has 0 aromatic rings.